The van der Waals surface area contributed by atoms with Gasteiger partial charge < -0.3 is 9.64 Å². The summed E-state index contributed by atoms with van der Waals surface area (Å²) in [7, 11) is 0. The van der Waals surface area contributed by atoms with Gasteiger partial charge in [0.15, 0.2) is 0 Å². The largest absolute Gasteiger partial charge is 0.376 e. The summed E-state index contributed by atoms with van der Waals surface area (Å²) in [5.41, 5.74) is 0.502. The molecule has 0 atom stereocenters. The third-order valence-electron chi connectivity index (χ3n) is 4.83. The number of benzene rings is 1. The maximum Gasteiger partial charge on any atom is 0.376 e. The first-order valence-corrected chi connectivity index (χ1v) is 9.20. The minimum absolute atomic E-state index is 0.00796. The molecule has 3 heterocycles. The molecule has 8 heteroatoms. The lowest BCUT2D eigenvalue weighted by Crippen LogP contribution is -2.53. The van der Waals surface area contributed by atoms with Crippen molar-refractivity contribution in [3.63, 3.8) is 0 Å². The molecule has 0 aliphatic carbocycles. The molecule has 0 bridgehead atoms. The topological polar surface area (TPSA) is 90.0 Å². The van der Waals surface area contributed by atoms with E-state index in [9.17, 15) is 14.9 Å². The average molecular weight is 380 g/mol. The fraction of sp³-hybridized carbons (Fsp3) is 0.300. The summed E-state index contributed by atoms with van der Waals surface area (Å²) in [6, 6.07) is 15.3. The van der Waals surface area contributed by atoms with Crippen LogP contribution in [0, 0.1) is 10.1 Å². The number of fused-ring (bicyclic) bond motifs is 1. The number of hydrogen-bond acceptors (Lipinski definition) is 6. The zero-order chi connectivity index (χ0) is 19.5. The highest BCUT2D eigenvalue weighted by Gasteiger charge is 2.35. The Labute approximate surface area is 161 Å². The number of ether oxygens (including phenoxy) is 1. The van der Waals surface area contributed by atoms with Gasteiger partial charge in [-0.2, -0.15) is 0 Å². The zero-order valence-electron chi connectivity index (χ0n) is 15.2. The zero-order valence-corrected chi connectivity index (χ0v) is 15.2. The van der Waals surface area contributed by atoms with E-state index in [1.807, 2.05) is 18.2 Å². The molecule has 1 saturated heterocycles. The lowest BCUT2D eigenvalue weighted by atomic mass is 10.1. The molecule has 0 unspecified atom stereocenters. The highest BCUT2D eigenvalue weighted by Crippen LogP contribution is 2.28. The highest BCUT2D eigenvalue weighted by molar-refractivity contribution is 5.62. The molecule has 144 valence electrons. The minimum Gasteiger partial charge on any atom is -0.375 e. The number of pyridine rings is 1. The third-order valence-corrected chi connectivity index (χ3v) is 4.83. The molecular formula is C20H20N4O4. The quantitative estimate of drug-likeness (QED) is 0.355. The van der Waals surface area contributed by atoms with Crippen LogP contribution in [0.5, 0.6) is 0 Å². The van der Waals surface area contributed by atoms with Crippen molar-refractivity contribution in [2.75, 3.05) is 24.6 Å². The molecule has 0 spiro atoms. The number of aryl methyl sites for hydroxylation is 1. The van der Waals surface area contributed by atoms with Crippen molar-refractivity contribution < 1.29 is 9.66 Å². The average Bonchev–Trinajstić information content (AvgIpc) is 2.67. The Morgan fingerprint density at radius 2 is 1.89 bits per heavy atom. The van der Waals surface area contributed by atoms with Crippen LogP contribution in [0.4, 0.5) is 11.5 Å². The van der Waals surface area contributed by atoms with E-state index in [0.29, 0.717) is 25.3 Å². The molecule has 3 aromatic rings. The van der Waals surface area contributed by atoms with Crippen molar-refractivity contribution in [2.24, 2.45) is 0 Å². The van der Waals surface area contributed by atoms with Crippen LogP contribution in [0.3, 0.4) is 0 Å². The lowest BCUT2D eigenvalue weighted by molar-refractivity contribution is -0.385. The molecule has 0 N–H and O–H groups in total. The van der Waals surface area contributed by atoms with Crippen LogP contribution >= 0.6 is 0 Å². The molecule has 28 heavy (non-hydrogen) atoms. The van der Waals surface area contributed by atoms with E-state index < -0.39 is 16.2 Å². The van der Waals surface area contributed by atoms with Gasteiger partial charge in [0, 0.05) is 25.9 Å². The highest BCUT2D eigenvalue weighted by atomic mass is 16.6. The monoisotopic (exact) mass is 380 g/mol. The van der Waals surface area contributed by atoms with E-state index in [2.05, 4.69) is 17.1 Å². The number of anilines is 1. The second-order valence-corrected chi connectivity index (χ2v) is 6.76. The molecule has 2 aromatic heterocycles. The fourth-order valence-corrected chi connectivity index (χ4v) is 3.34. The maximum atomic E-state index is 12.5. The van der Waals surface area contributed by atoms with Crippen molar-refractivity contribution in [3.8, 4) is 0 Å². The smallest absolute Gasteiger partial charge is 0.375 e. The van der Waals surface area contributed by atoms with E-state index in [-0.39, 0.29) is 11.9 Å². The number of rotatable bonds is 7. The SMILES string of the molecule is O=c1c([N+](=O)[O-])c(N2CC(OCCCc3ccccc3)C2)nc2ccccn12. The van der Waals surface area contributed by atoms with E-state index in [4.69, 9.17) is 4.74 Å². The normalized spacial score (nSPS) is 14.2. The van der Waals surface area contributed by atoms with Crippen molar-refractivity contribution in [1.82, 2.24) is 9.38 Å². The summed E-state index contributed by atoms with van der Waals surface area (Å²) in [6.07, 6.45) is 3.34. The summed E-state index contributed by atoms with van der Waals surface area (Å²) >= 11 is 0. The fourth-order valence-electron chi connectivity index (χ4n) is 3.34. The van der Waals surface area contributed by atoms with Gasteiger partial charge >= 0.3 is 11.2 Å². The first-order valence-electron chi connectivity index (χ1n) is 9.20. The molecule has 0 saturated carbocycles. The Morgan fingerprint density at radius 3 is 2.64 bits per heavy atom. The molecule has 0 amide bonds. The number of nitro groups is 1. The Bertz CT molecular complexity index is 1050. The molecule has 4 rings (SSSR count). The van der Waals surface area contributed by atoms with Crippen LogP contribution in [-0.2, 0) is 11.2 Å². The predicted molar refractivity (Wildman–Crippen MR) is 105 cm³/mol. The first-order chi connectivity index (χ1) is 13.6. The van der Waals surface area contributed by atoms with Crippen molar-refractivity contribution in [2.45, 2.75) is 18.9 Å². The van der Waals surface area contributed by atoms with Crippen molar-refractivity contribution in [1.29, 1.82) is 0 Å². The van der Waals surface area contributed by atoms with Gasteiger partial charge in [-0.1, -0.05) is 36.4 Å². The van der Waals surface area contributed by atoms with Gasteiger partial charge in [-0.3, -0.25) is 19.3 Å². The predicted octanol–water partition coefficient (Wildman–Crippen LogP) is 2.44. The molecule has 1 aliphatic rings. The number of hydrogen-bond donors (Lipinski definition) is 0. The van der Waals surface area contributed by atoms with Crippen LogP contribution in [-0.4, -0.2) is 40.1 Å². The Hall–Kier alpha value is -3.26. The summed E-state index contributed by atoms with van der Waals surface area (Å²) in [5, 5.41) is 11.5. The van der Waals surface area contributed by atoms with E-state index in [1.165, 1.54) is 16.2 Å². The van der Waals surface area contributed by atoms with Gasteiger partial charge in [0.1, 0.15) is 5.65 Å². The molecule has 0 radical (unpaired) electrons. The van der Waals surface area contributed by atoms with Gasteiger partial charge in [-0.05, 0) is 30.5 Å². The van der Waals surface area contributed by atoms with Gasteiger partial charge in [-0.25, -0.2) is 4.98 Å². The first kappa shape index (κ1) is 18.1. The molecule has 1 aliphatic heterocycles. The molecule has 1 fully saturated rings. The summed E-state index contributed by atoms with van der Waals surface area (Å²) in [4.78, 5) is 29.4. The maximum absolute atomic E-state index is 12.5. The van der Waals surface area contributed by atoms with Crippen LogP contribution in [0.25, 0.3) is 5.65 Å². The van der Waals surface area contributed by atoms with Crippen LogP contribution in [0.1, 0.15) is 12.0 Å². The van der Waals surface area contributed by atoms with Crippen molar-refractivity contribution in [3.05, 3.63) is 80.8 Å². The Kier molecular flexibility index (Phi) is 5.03. The van der Waals surface area contributed by atoms with Crippen LogP contribution in [0.15, 0.2) is 59.5 Å². The summed E-state index contributed by atoms with van der Waals surface area (Å²) in [6.45, 7) is 1.60. The van der Waals surface area contributed by atoms with E-state index >= 15 is 0 Å². The Balaban J connectivity index is 1.39. The number of aromatic nitrogens is 2. The van der Waals surface area contributed by atoms with Gasteiger partial charge in [0.2, 0.25) is 5.82 Å². The van der Waals surface area contributed by atoms with Gasteiger partial charge in [0.05, 0.1) is 11.0 Å². The summed E-state index contributed by atoms with van der Waals surface area (Å²) < 4.78 is 7.04. The molecular weight excluding hydrogens is 360 g/mol. The number of nitrogens with zero attached hydrogens (tertiary/aromatic N) is 4. The third kappa shape index (κ3) is 3.59. The summed E-state index contributed by atoms with van der Waals surface area (Å²) in [5.74, 6) is 0.116. The second kappa shape index (κ2) is 7.77. The van der Waals surface area contributed by atoms with Gasteiger partial charge in [0.25, 0.3) is 0 Å². The van der Waals surface area contributed by atoms with Crippen molar-refractivity contribution >= 4 is 17.2 Å². The molecule has 8 nitrogen and oxygen atoms in total. The van der Waals surface area contributed by atoms with Crippen LogP contribution in [0.2, 0.25) is 0 Å². The van der Waals surface area contributed by atoms with Gasteiger partial charge in [-0.15, -0.1) is 0 Å². The standard InChI is InChI=1S/C20H20N4O4/c25-20-18(24(26)27)19(21-17-10-4-5-11-23(17)20)22-13-16(14-22)28-12-6-9-15-7-2-1-3-8-15/h1-5,7-8,10-11,16H,6,9,12-14H2. The minimum atomic E-state index is -0.669. The van der Waals surface area contributed by atoms with E-state index in [0.717, 1.165) is 12.8 Å². The van der Waals surface area contributed by atoms with E-state index in [1.54, 1.807) is 23.1 Å². The Morgan fingerprint density at radius 1 is 1.14 bits per heavy atom. The molecule has 1 aromatic carbocycles. The van der Waals surface area contributed by atoms with Crippen LogP contribution < -0.4 is 10.5 Å². The lowest BCUT2D eigenvalue weighted by Gasteiger charge is -2.39. The second-order valence-electron chi connectivity index (χ2n) is 6.76.